The fraction of sp³-hybridized carbons (Fsp3) is 1.00. The van der Waals surface area contributed by atoms with Crippen molar-refractivity contribution in [3.05, 3.63) is 0 Å². The van der Waals surface area contributed by atoms with Gasteiger partial charge < -0.3 is 16.3 Å². The fourth-order valence-electron chi connectivity index (χ4n) is 0. The zero-order valence-electron chi connectivity index (χ0n) is 5.60. The minimum atomic E-state index is -1.00. The summed E-state index contributed by atoms with van der Waals surface area (Å²) in [5.41, 5.74) is 4.23. The Morgan fingerprint density at radius 3 is 1.62 bits per heavy atom. The second kappa shape index (κ2) is 3.02. The van der Waals surface area contributed by atoms with Crippen LogP contribution in [-0.4, -0.2) is 16.3 Å². The van der Waals surface area contributed by atoms with Crippen molar-refractivity contribution in [2.75, 3.05) is 0 Å². The molecule has 0 aliphatic carbocycles. The molecule has 0 aromatic rings. The summed E-state index contributed by atoms with van der Waals surface area (Å²) in [6.45, 7) is 5.34. The van der Waals surface area contributed by atoms with Crippen molar-refractivity contribution >= 4 is 0 Å². The molecule has 0 radical (unpaired) electrons. The zero-order chi connectivity index (χ0) is 6.08. The summed E-state index contributed by atoms with van der Waals surface area (Å²) in [5, 5.41) is 8.87. The Bertz CT molecular complexity index is 55.9. The van der Waals surface area contributed by atoms with Crippen LogP contribution in [0.1, 0.15) is 20.8 Å². The predicted octanol–water partition coefficient (Wildman–Crippen LogP) is -0.515. The predicted molar refractivity (Wildman–Crippen MR) is 33.3 cm³/mol. The van der Waals surface area contributed by atoms with Crippen molar-refractivity contribution < 1.29 is 10.6 Å². The van der Waals surface area contributed by atoms with Crippen LogP contribution in [0.25, 0.3) is 0 Å². The SMILES string of the molecule is CC(C)C(C)(N)O.O. The Labute approximate surface area is 49.8 Å². The van der Waals surface area contributed by atoms with Crippen molar-refractivity contribution in [1.29, 1.82) is 0 Å². The standard InChI is InChI=1S/C5H13NO.H2O/c1-4(2)5(3,6)7;/h4,7H,6H2,1-3H3;1H2. The van der Waals surface area contributed by atoms with Crippen LogP contribution in [0.4, 0.5) is 0 Å². The highest BCUT2D eigenvalue weighted by atomic mass is 16.3. The Morgan fingerprint density at radius 1 is 1.50 bits per heavy atom. The molecule has 0 aliphatic rings. The average Bonchev–Trinajstić information content (AvgIpc) is 1.31. The largest absolute Gasteiger partial charge is 0.412 e. The van der Waals surface area contributed by atoms with Gasteiger partial charge in [-0.25, -0.2) is 0 Å². The molecule has 8 heavy (non-hydrogen) atoms. The summed E-state index contributed by atoms with van der Waals surface area (Å²) in [5.74, 6) is 0.132. The van der Waals surface area contributed by atoms with Crippen molar-refractivity contribution in [3.8, 4) is 0 Å². The van der Waals surface area contributed by atoms with Crippen LogP contribution in [-0.2, 0) is 0 Å². The first kappa shape index (κ1) is 10.8. The summed E-state index contributed by atoms with van der Waals surface area (Å²) >= 11 is 0. The smallest absolute Gasteiger partial charge is 0.113 e. The molecule has 0 amide bonds. The molecule has 3 heteroatoms. The monoisotopic (exact) mass is 121 g/mol. The summed E-state index contributed by atoms with van der Waals surface area (Å²) in [6.07, 6.45) is 0. The van der Waals surface area contributed by atoms with Crippen molar-refractivity contribution in [2.24, 2.45) is 11.7 Å². The molecule has 1 unspecified atom stereocenters. The Morgan fingerprint density at radius 2 is 1.62 bits per heavy atom. The molecule has 0 bridgehead atoms. The summed E-state index contributed by atoms with van der Waals surface area (Å²) in [7, 11) is 0. The van der Waals surface area contributed by atoms with Crippen molar-refractivity contribution in [1.82, 2.24) is 0 Å². The highest BCUT2D eigenvalue weighted by molar-refractivity contribution is 4.65. The molecule has 0 rings (SSSR count). The Kier molecular flexibility index (Phi) is 4.07. The zero-order valence-corrected chi connectivity index (χ0v) is 5.60. The maximum atomic E-state index is 8.87. The summed E-state index contributed by atoms with van der Waals surface area (Å²) in [6, 6.07) is 0. The lowest BCUT2D eigenvalue weighted by Crippen LogP contribution is -2.41. The Balaban J connectivity index is 0. The van der Waals surface area contributed by atoms with Gasteiger partial charge in [-0.15, -0.1) is 0 Å². The van der Waals surface area contributed by atoms with Crippen LogP contribution in [0, 0.1) is 5.92 Å². The first-order chi connectivity index (χ1) is 2.94. The third-order valence-electron chi connectivity index (χ3n) is 1.17. The van der Waals surface area contributed by atoms with Crippen LogP contribution >= 0.6 is 0 Å². The van der Waals surface area contributed by atoms with Crippen LogP contribution in [0.5, 0.6) is 0 Å². The van der Waals surface area contributed by atoms with E-state index in [1.807, 2.05) is 13.8 Å². The molecule has 0 aliphatic heterocycles. The number of rotatable bonds is 1. The van der Waals surface area contributed by atoms with Gasteiger partial charge in [0.15, 0.2) is 0 Å². The molecule has 0 heterocycles. The van der Waals surface area contributed by atoms with Gasteiger partial charge in [-0.1, -0.05) is 13.8 Å². The van der Waals surface area contributed by atoms with Gasteiger partial charge in [-0.2, -0.15) is 0 Å². The lowest BCUT2D eigenvalue weighted by Gasteiger charge is -2.20. The fourth-order valence-corrected chi connectivity index (χ4v) is 0. The van der Waals surface area contributed by atoms with E-state index >= 15 is 0 Å². The lowest BCUT2D eigenvalue weighted by molar-refractivity contribution is 0.0200. The van der Waals surface area contributed by atoms with E-state index in [9.17, 15) is 0 Å². The van der Waals surface area contributed by atoms with Gasteiger partial charge in [0.05, 0.1) is 0 Å². The molecule has 0 saturated heterocycles. The highest BCUT2D eigenvalue weighted by Gasteiger charge is 2.16. The second-order valence-corrected chi connectivity index (χ2v) is 2.38. The highest BCUT2D eigenvalue weighted by Crippen LogP contribution is 2.06. The van der Waals surface area contributed by atoms with Gasteiger partial charge in [0, 0.05) is 0 Å². The molecule has 0 aromatic heterocycles. The van der Waals surface area contributed by atoms with Crippen molar-refractivity contribution in [3.63, 3.8) is 0 Å². The third-order valence-corrected chi connectivity index (χ3v) is 1.17. The molecule has 0 fully saturated rings. The van der Waals surface area contributed by atoms with Gasteiger partial charge >= 0.3 is 0 Å². The molecular weight excluding hydrogens is 106 g/mol. The maximum Gasteiger partial charge on any atom is 0.113 e. The molecule has 1 atom stereocenters. The number of hydrogen-bond donors (Lipinski definition) is 2. The Hall–Kier alpha value is -0.120. The van der Waals surface area contributed by atoms with Crippen LogP contribution in [0.15, 0.2) is 0 Å². The molecule has 0 aromatic carbocycles. The first-order valence-electron chi connectivity index (χ1n) is 2.46. The number of aliphatic hydroxyl groups is 1. The van der Waals surface area contributed by atoms with E-state index in [1.165, 1.54) is 0 Å². The van der Waals surface area contributed by atoms with E-state index in [-0.39, 0.29) is 11.4 Å². The normalized spacial score (nSPS) is 17.2. The van der Waals surface area contributed by atoms with Gasteiger partial charge in [0.2, 0.25) is 0 Å². The van der Waals surface area contributed by atoms with E-state index in [2.05, 4.69) is 0 Å². The molecule has 0 spiro atoms. The van der Waals surface area contributed by atoms with Crippen LogP contribution in [0.2, 0.25) is 0 Å². The average molecular weight is 121 g/mol. The molecule has 3 nitrogen and oxygen atoms in total. The summed E-state index contributed by atoms with van der Waals surface area (Å²) in [4.78, 5) is 0. The van der Waals surface area contributed by atoms with Gasteiger partial charge in [0.25, 0.3) is 0 Å². The van der Waals surface area contributed by atoms with Crippen LogP contribution in [0.3, 0.4) is 0 Å². The third kappa shape index (κ3) is 4.05. The molecular formula is C5H15NO2. The topological polar surface area (TPSA) is 77.8 Å². The van der Waals surface area contributed by atoms with E-state index in [0.29, 0.717) is 0 Å². The van der Waals surface area contributed by atoms with E-state index in [1.54, 1.807) is 6.92 Å². The van der Waals surface area contributed by atoms with E-state index in [0.717, 1.165) is 0 Å². The van der Waals surface area contributed by atoms with E-state index < -0.39 is 5.72 Å². The van der Waals surface area contributed by atoms with Crippen LogP contribution < -0.4 is 5.73 Å². The van der Waals surface area contributed by atoms with E-state index in [4.69, 9.17) is 10.8 Å². The quantitative estimate of drug-likeness (QED) is 0.458. The lowest BCUT2D eigenvalue weighted by atomic mass is 10.0. The molecule has 5 N–H and O–H groups in total. The van der Waals surface area contributed by atoms with Gasteiger partial charge in [0.1, 0.15) is 5.72 Å². The number of nitrogens with two attached hydrogens (primary N) is 1. The van der Waals surface area contributed by atoms with Gasteiger partial charge in [-0.05, 0) is 12.8 Å². The second-order valence-electron chi connectivity index (χ2n) is 2.38. The molecule has 52 valence electrons. The first-order valence-corrected chi connectivity index (χ1v) is 2.46. The van der Waals surface area contributed by atoms with Crippen molar-refractivity contribution in [2.45, 2.75) is 26.5 Å². The summed E-state index contributed by atoms with van der Waals surface area (Å²) < 4.78 is 0. The maximum absolute atomic E-state index is 8.87. The number of hydrogen-bond acceptors (Lipinski definition) is 2. The van der Waals surface area contributed by atoms with Gasteiger partial charge in [-0.3, -0.25) is 0 Å². The molecule has 0 saturated carbocycles. The minimum absolute atomic E-state index is 0. The minimum Gasteiger partial charge on any atom is -0.412 e.